The first-order chi connectivity index (χ1) is 3.72. The molecule has 0 spiro atoms. The molecular weight excluding hydrogens is 102 g/mol. The highest BCUT2D eigenvalue weighted by Crippen LogP contribution is 1.93. The van der Waals surface area contributed by atoms with Gasteiger partial charge in [0.2, 0.25) is 0 Å². The molecule has 3 heteroatoms. The van der Waals surface area contributed by atoms with Gasteiger partial charge in [-0.2, -0.15) is 0 Å². The van der Waals surface area contributed by atoms with Crippen LogP contribution in [0.5, 0.6) is 0 Å². The maximum Gasteiger partial charge on any atom is 0.0722 e. The second kappa shape index (κ2) is 3.83. The van der Waals surface area contributed by atoms with Crippen molar-refractivity contribution in [1.82, 2.24) is 10.7 Å². The first-order valence-corrected chi connectivity index (χ1v) is 2.85. The molecule has 0 aromatic carbocycles. The third-order valence-electron chi connectivity index (χ3n) is 1.16. The van der Waals surface area contributed by atoms with Crippen molar-refractivity contribution in [3.05, 3.63) is 0 Å². The minimum Gasteiger partial charge on any atom is -0.304 e. The molecule has 8 heavy (non-hydrogen) atoms. The highest BCUT2D eigenvalue weighted by atomic mass is 15.3. The molecule has 1 unspecified atom stereocenters. The van der Waals surface area contributed by atoms with Crippen LogP contribution in [0.3, 0.4) is 0 Å². The van der Waals surface area contributed by atoms with Crippen molar-refractivity contribution in [3.8, 4) is 0 Å². The summed E-state index contributed by atoms with van der Waals surface area (Å²) in [5.74, 6) is 5.70. The van der Waals surface area contributed by atoms with E-state index in [2.05, 4.69) is 24.6 Å². The molecule has 1 atom stereocenters. The summed E-state index contributed by atoms with van der Waals surface area (Å²) in [6.45, 7) is 4.20. The summed E-state index contributed by atoms with van der Waals surface area (Å²) in [4.78, 5) is 0. The van der Waals surface area contributed by atoms with E-state index in [1.54, 1.807) is 0 Å². The van der Waals surface area contributed by atoms with Crippen LogP contribution in [0, 0.1) is 5.92 Å². The molecule has 0 saturated carbocycles. The highest BCUT2D eigenvalue weighted by molar-refractivity contribution is 4.60. The van der Waals surface area contributed by atoms with Crippen LogP contribution in [-0.4, -0.2) is 13.2 Å². The van der Waals surface area contributed by atoms with Gasteiger partial charge < -0.3 is 5.32 Å². The van der Waals surface area contributed by atoms with Crippen LogP contribution in [0.1, 0.15) is 13.8 Å². The Kier molecular flexibility index (Phi) is 3.77. The number of rotatable bonds is 3. The molecule has 0 heterocycles. The zero-order valence-electron chi connectivity index (χ0n) is 5.73. The fraction of sp³-hybridized carbons (Fsp3) is 1.00. The van der Waals surface area contributed by atoms with Crippen LogP contribution in [-0.2, 0) is 0 Å². The topological polar surface area (TPSA) is 50.1 Å². The molecule has 3 nitrogen and oxygen atoms in total. The van der Waals surface area contributed by atoms with Crippen molar-refractivity contribution in [2.24, 2.45) is 11.8 Å². The molecule has 0 aliphatic carbocycles. The van der Waals surface area contributed by atoms with E-state index < -0.39 is 0 Å². The second-order valence-electron chi connectivity index (χ2n) is 2.18. The highest BCUT2D eigenvalue weighted by Gasteiger charge is 2.05. The first-order valence-electron chi connectivity index (χ1n) is 2.85. The zero-order chi connectivity index (χ0) is 6.57. The van der Waals surface area contributed by atoms with Crippen molar-refractivity contribution in [2.75, 3.05) is 7.05 Å². The molecule has 0 aromatic heterocycles. The van der Waals surface area contributed by atoms with E-state index in [-0.39, 0.29) is 6.17 Å². The Balaban J connectivity index is 3.35. The third kappa shape index (κ3) is 2.26. The molecule has 0 amide bonds. The van der Waals surface area contributed by atoms with Gasteiger partial charge in [0.1, 0.15) is 0 Å². The lowest BCUT2D eigenvalue weighted by atomic mass is 10.2. The van der Waals surface area contributed by atoms with Gasteiger partial charge in [-0.05, 0) is 13.0 Å². The standard InChI is InChI=1S/C5H15N3/c1-4(2)5(7-3)8-6/h4-5,7-8H,6H2,1-3H3. The average Bonchev–Trinajstić information content (AvgIpc) is 1.69. The van der Waals surface area contributed by atoms with Gasteiger partial charge >= 0.3 is 0 Å². The number of hydrogen-bond donors (Lipinski definition) is 3. The van der Waals surface area contributed by atoms with Crippen LogP contribution in [0.15, 0.2) is 0 Å². The predicted molar refractivity (Wildman–Crippen MR) is 35.0 cm³/mol. The third-order valence-corrected chi connectivity index (χ3v) is 1.16. The van der Waals surface area contributed by atoms with Crippen molar-refractivity contribution in [1.29, 1.82) is 0 Å². The molecule has 0 aliphatic rings. The Morgan fingerprint density at radius 1 is 1.38 bits per heavy atom. The molecular formula is C5H15N3. The van der Waals surface area contributed by atoms with Gasteiger partial charge in [-0.1, -0.05) is 13.8 Å². The molecule has 4 N–H and O–H groups in total. The number of hydrogen-bond acceptors (Lipinski definition) is 3. The number of nitrogens with one attached hydrogen (secondary N) is 2. The fourth-order valence-electron chi connectivity index (χ4n) is 0.609. The van der Waals surface area contributed by atoms with Gasteiger partial charge in [0.15, 0.2) is 0 Å². The number of hydrazine groups is 1. The molecule has 0 bridgehead atoms. The van der Waals surface area contributed by atoms with Gasteiger partial charge in [-0.3, -0.25) is 5.84 Å². The van der Waals surface area contributed by atoms with E-state index in [1.807, 2.05) is 7.05 Å². The predicted octanol–water partition coefficient (Wildman–Crippen LogP) is -0.349. The van der Waals surface area contributed by atoms with Gasteiger partial charge in [-0.25, -0.2) is 5.43 Å². The average molecular weight is 117 g/mol. The Bertz CT molecular complexity index is 49.6. The van der Waals surface area contributed by atoms with Crippen molar-refractivity contribution < 1.29 is 0 Å². The summed E-state index contributed by atoms with van der Waals surface area (Å²) in [6.07, 6.45) is 0.231. The summed E-state index contributed by atoms with van der Waals surface area (Å²) < 4.78 is 0. The molecule has 0 saturated heterocycles. The summed E-state index contributed by atoms with van der Waals surface area (Å²) in [6, 6.07) is 0. The van der Waals surface area contributed by atoms with Gasteiger partial charge in [0.25, 0.3) is 0 Å². The second-order valence-corrected chi connectivity index (χ2v) is 2.18. The van der Waals surface area contributed by atoms with E-state index in [0.717, 1.165) is 0 Å². The zero-order valence-corrected chi connectivity index (χ0v) is 5.73. The maximum atomic E-state index is 5.17. The largest absolute Gasteiger partial charge is 0.304 e. The smallest absolute Gasteiger partial charge is 0.0722 e. The van der Waals surface area contributed by atoms with Crippen LogP contribution in [0.4, 0.5) is 0 Å². The molecule has 0 aliphatic heterocycles. The lowest BCUT2D eigenvalue weighted by molar-refractivity contribution is 0.361. The lowest BCUT2D eigenvalue weighted by Gasteiger charge is -2.17. The van der Waals surface area contributed by atoms with Crippen LogP contribution in [0.2, 0.25) is 0 Å². The van der Waals surface area contributed by atoms with Gasteiger partial charge in [0, 0.05) is 0 Å². The summed E-state index contributed by atoms with van der Waals surface area (Å²) >= 11 is 0. The first kappa shape index (κ1) is 7.88. The van der Waals surface area contributed by atoms with E-state index in [1.165, 1.54) is 0 Å². The normalized spacial score (nSPS) is 14.6. The van der Waals surface area contributed by atoms with E-state index in [4.69, 9.17) is 5.84 Å². The van der Waals surface area contributed by atoms with Gasteiger partial charge in [-0.15, -0.1) is 0 Å². The Labute approximate surface area is 50.6 Å². The van der Waals surface area contributed by atoms with Crippen LogP contribution in [0.25, 0.3) is 0 Å². The molecule has 0 aromatic rings. The minimum absolute atomic E-state index is 0.231. The Morgan fingerprint density at radius 2 is 1.88 bits per heavy atom. The summed E-state index contributed by atoms with van der Waals surface area (Å²) in [5.41, 5.74) is 2.64. The summed E-state index contributed by atoms with van der Waals surface area (Å²) in [5, 5.41) is 3.02. The Hall–Kier alpha value is -0.120. The monoisotopic (exact) mass is 117 g/mol. The van der Waals surface area contributed by atoms with Crippen molar-refractivity contribution in [2.45, 2.75) is 20.0 Å². The van der Waals surface area contributed by atoms with E-state index >= 15 is 0 Å². The van der Waals surface area contributed by atoms with Crippen LogP contribution < -0.4 is 16.6 Å². The van der Waals surface area contributed by atoms with Gasteiger partial charge in [0.05, 0.1) is 6.17 Å². The fourth-order valence-corrected chi connectivity index (χ4v) is 0.609. The quantitative estimate of drug-likeness (QED) is 0.269. The van der Waals surface area contributed by atoms with E-state index in [0.29, 0.717) is 5.92 Å². The molecule has 50 valence electrons. The van der Waals surface area contributed by atoms with Crippen LogP contribution >= 0.6 is 0 Å². The van der Waals surface area contributed by atoms with E-state index in [9.17, 15) is 0 Å². The molecule has 0 rings (SSSR count). The maximum absolute atomic E-state index is 5.17. The lowest BCUT2D eigenvalue weighted by Crippen LogP contribution is -2.47. The Morgan fingerprint density at radius 3 is 1.88 bits per heavy atom. The minimum atomic E-state index is 0.231. The van der Waals surface area contributed by atoms with Crippen molar-refractivity contribution in [3.63, 3.8) is 0 Å². The number of nitrogens with two attached hydrogens (primary N) is 1. The summed E-state index contributed by atoms with van der Waals surface area (Å²) in [7, 11) is 1.88. The molecule has 0 radical (unpaired) electrons. The van der Waals surface area contributed by atoms with Crippen molar-refractivity contribution >= 4 is 0 Å². The SMILES string of the molecule is CNC(NN)C(C)C. The molecule has 0 fully saturated rings.